The molecular formula is C23H23N5O2. The molecule has 0 bridgehead atoms. The number of benzene rings is 2. The van der Waals surface area contributed by atoms with Crippen molar-refractivity contribution in [3.63, 3.8) is 0 Å². The van der Waals surface area contributed by atoms with Crippen molar-refractivity contribution in [2.75, 3.05) is 26.3 Å². The Hall–Kier alpha value is -3.29. The van der Waals surface area contributed by atoms with Crippen molar-refractivity contribution in [1.82, 2.24) is 24.8 Å². The number of hydrogen-bond acceptors (Lipinski definition) is 6. The van der Waals surface area contributed by atoms with E-state index in [1.165, 1.54) is 6.33 Å². The zero-order valence-electron chi connectivity index (χ0n) is 16.6. The van der Waals surface area contributed by atoms with Crippen LogP contribution >= 0.6 is 0 Å². The molecule has 152 valence electrons. The fraction of sp³-hybridized carbons (Fsp3) is 0.261. The largest absolute Gasteiger partial charge is 0.474 e. The molecule has 1 N–H and O–H groups in total. The third kappa shape index (κ3) is 4.17. The Morgan fingerprint density at radius 1 is 1.03 bits per heavy atom. The van der Waals surface area contributed by atoms with Gasteiger partial charge in [-0.1, -0.05) is 42.5 Å². The Morgan fingerprint density at radius 2 is 1.90 bits per heavy atom. The summed E-state index contributed by atoms with van der Waals surface area (Å²) in [5.74, 6) is 1.50. The van der Waals surface area contributed by atoms with Gasteiger partial charge in [0.2, 0.25) is 5.88 Å². The number of H-pyrrole nitrogens is 1. The van der Waals surface area contributed by atoms with E-state index >= 15 is 0 Å². The van der Waals surface area contributed by atoms with Crippen molar-refractivity contribution in [3.05, 3.63) is 72.8 Å². The highest BCUT2D eigenvalue weighted by atomic mass is 16.5. The number of rotatable bonds is 6. The summed E-state index contributed by atoms with van der Waals surface area (Å²) in [5, 5.41) is 0.915. The quantitative estimate of drug-likeness (QED) is 0.534. The molecule has 4 aromatic rings. The maximum atomic E-state index is 6.00. The standard InChI is InChI=1S/C23H23N5O2/c1-2-6-17(7-3-1)22-24-12-18(27-22)13-28-10-11-29-19(14-28)15-30-23-20-8-4-5-9-21(20)25-16-26-23/h1-9,12,16,19H,10-11,13-15H2,(H,24,27). The van der Waals surface area contributed by atoms with E-state index in [9.17, 15) is 0 Å². The molecule has 1 aliphatic heterocycles. The fourth-order valence-electron chi connectivity index (χ4n) is 3.71. The molecular weight excluding hydrogens is 378 g/mol. The monoisotopic (exact) mass is 401 g/mol. The zero-order valence-corrected chi connectivity index (χ0v) is 16.6. The number of nitrogens with one attached hydrogen (secondary N) is 1. The Kier molecular flexibility index (Phi) is 5.37. The first-order valence-corrected chi connectivity index (χ1v) is 10.1. The van der Waals surface area contributed by atoms with E-state index < -0.39 is 0 Å². The predicted molar refractivity (Wildman–Crippen MR) is 114 cm³/mol. The van der Waals surface area contributed by atoms with E-state index in [2.05, 4.69) is 37.0 Å². The molecule has 30 heavy (non-hydrogen) atoms. The van der Waals surface area contributed by atoms with E-state index in [1.807, 2.05) is 48.7 Å². The number of aromatic nitrogens is 4. The summed E-state index contributed by atoms with van der Waals surface area (Å²) in [6, 6.07) is 18.0. The van der Waals surface area contributed by atoms with Gasteiger partial charge in [-0.2, -0.15) is 0 Å². The summed E-state index contributed by atoms with van der Waals surface area (Å²) >= 11 is 0. The highest BCUT2D eigenvalue weighted by molar-refractivity contribution is 5.82. The number of aromatic amines is 1. The van der Waals surface area contributed by atoms with Gasteiger partial charge in [-0.3, -0.25) is 4.90 Å². The molecule has 1 aliphatic rings. The number of nitrogens with zero attached hydrogens (tertiary/aromatic N) is 4. The van der Waals surface area contributed by atoms with Crippen molar-refractivity contribution in [2.45, 2.75) is 12.6 Å². The number of imidazole rings is 1. The van der Waals surface area contributed by atoms with Crippen LogP contribution in [0.3, 0.4) is 0 Å². The summed E-state index contributed by atoms with van der Waals surface area (Å²) in [7, 11) is 0. The van der Waals surface area contributed by atoms with Gasteiger partial charge in [-0.15, -0.1) is 0 Å². The van der Waals surface area contributed by atoms with Crippen LogP contribution in [0.25, 0.3) is 22.3 Å². The second kappa shape index (κ2) is 8.61. The summed E-state index contributed by atoms with van der Waals surface area (Å²) in [6.45, 7) is 3.61. The van der Waals surface area contributed by atoms with Crippen LogP contribution in [0.1, 0.15) is 5.69 Å². The molecule has 0 radical (unpaired) electrons. The topological polar surface area (TPSA) is 76.2 Å². The van der Waals surface area contributed by atoms with Gasteiger partial charge in [0, 0.05) is 37.1 Å². The molecule has 0 aliphatic carbocycles. The van der Waals surface area contributed by atoms with Gasteiger partial charge in [0.05, 0.1) is 17.5 Å². The first kappa shape index (κ1) is 18.7. The van der Waals surface area contributed by atoms with E-state index in [-0.39, 0.29) is 6.10 Å². The molecule has 5 rings (SSSR count). The average Bonchev–Trinajstić information content (AvgIpc) is 3.27. The minimum absolute atomic E-state index is 0.0102. The number of para-hydroxylation sites is 1. The second-order valence-electron chi connectivity index (χ2n) is 7.36. The van der Waals surface area contributed by atoms with Crippen molar-refractivity contribution in [3.8, 4) is 17.3 Å². The molecule has 7 nitrogen and oxygen atoms in total. The van der Waals surface area contributed by atoms with Gasteiger partial charge in [-0.25, -0.2) is 15.0 Å². The highest BCUT2D eigenvalue weighted by Gasteiger charge is 2.22. The van der Waals surface area contributed by atoms with Crippen LogP contribution < -0.4 is 4.74 Å². The average molecular weight is 401 g/mol. The first-order chi connectivity index (χ1) is 14.8. The maximum absolute atomic E-state index is 6.00. The Labute approximate surface area is 174 Å². The third-order valence-corrected chi connectivity index (χ3v) is 5.20. The minimum Gasteiger partial charge on any atom is -0.474 e. The molecule has 0 saturated carbocycles. The van der Waals surface area contributed by atoms with Crippen LogP contribution in [-0.2, 0) is 11.3 Å². The second-order valence-corrected chi connectivity index (χ2v) is 7.36. The lowest BCUT2D eigenvalue weighted by molar-refractivity contribution is -0.0510. The van der Waals surface area contributed by atoms with Gasteiger partial charge in [0.15, 0.2) is 0 Å². The molecule has 0 spiro atoms. The van der Waals surface area contributed by atoms with E-state index in [4.69, 9.17) is 9.47 Å². The molecule has 2 aromatic heterocycles. The normalized spacial score (nSPS) is 17.3. The molecule has 1 atom stereocenters. The van der Waals surface area contributed by atoms with Crippen LogP contribution in [-0.4, -0.2) is 57.2 Å². The van der Waals surface area contributed by atoms with Crippen LogP contribution in [0.15, 0.2) is 67.1 Å². The van der Waals surface area contributed by atoms with Crippen LogP contribution in [0.2, 0.25) is 0 Å². The highest BCUT2D eigenvalue weighted by Crippen LogP contribution is 2.21. The van der Waals surface area contributed by atoms with Gasteiger partial charge in [0.25, 0.3) is 0 Å². The molecule has 7 heteroatoms. The van der Waals surface area contributed by atoms with E-state index in [0.717, 1.165) is 47.6 Å². The molecule has 3 heterocycles. The maximum Gasteiger partial charge on any atom is 0.224 e. The summed E-state index contributed by atoms with van der Waals surface area (Å²) in [4.78, 5) is 18.9. The summed E-state index contributed by atoms with van der Waals surface area (Å²) in [6.07, 6.45) is 3.44. The molecule has 1 fully saturated rings. The lowest BCUT2D eigenvalue weighted by atomic mass is 10.2. The number of ether oxygens (including phenoxy) is 2. The molecule has 1 saturated heterocycles. The number of morpholine rings is 1. The zero-order chi connectivity index (χ0) is 20.2. The van der Waals surface area contributed by atoms with E-state index in [0.29, 0.717) is 19.1 Å². The smallest absolute Gasteiger partial charge is 0.224 e. The lowest BCUT2D eigenvalue weighted by Gasteiger charge is -2.32. The lowest BCUT2D eigenvalue weighted by Crippen LogP contribution is -2.44. The molecule has 0 amide bonds. The Morgan fingerprint density at radius 3 is 2.83 bits per heavy atom. The SMILES string of the molecule is c1ccc(-c2ncc(CN3CCOC(COc4ncnc5ccccc45)C3)[nH]2)cc1. The van der Waals surface area contributed by atoms with Gasteiger partial charge in [0.1, 0.15) is 24.9 Å². The predicted octanol–water partition coefficient (Wildman–Crippen LogP) is 3.30. The number of fused-ring (bicyclic) bond motifs is 1. The molecule has 2 aromatic carbocycles. The van der Waals surface area contributed by atoms with Gasteiger partial charge < -0.3 is 14.5 Å². The van der Waals surface area contributed by atoms with Gasteiger partial charge >= 0.3 is 0 Å². The Balaban J connectivity index is 1.20. The molecule has 1 unspecified atom stereocenters. The van der Waals surface area contributed by atoms with Crippen LogP contribution in [0.5, 0.6) is 5.88 Å². The van der Waals surface area contributed by atoms with Gasteiger partial charge in [-0.05, 0) is 12.1 Å². The summed E-state index contributed by atoms with van der Waals surface area (Å²) < 4.78 is 11.9. The van der Waals surface area contributed by atoms with Crippen LogP contribution in [0, 0.1) is 0 Å². The van der Waals surface area contributed by atoms with E-state index in [1.54, 1.807) is 0 Å². The van der Waals surface area contributed by atoms with Crippen molar-refractivity contribution < 1.29 is 9.47 Å². The third-order valence-electron chi connectivity index (χ3n) is 5.20. The minimum atomic E-state index is -0.0102. The summed E-state index contributed by atoms with van der Waals surface area (Å²) in [5.41, 5.74) is 3.06. The van der Waals surface area contributed by atoms with Crippen molar-refractivity contribution in [2.24, 2.45) is 0 Å². The first-order valence-electron chi connectivity index (χ1n) is 10.1. The van der Waals surface area contributed by atoms with Crippen molar-refractivity contribution in [1.29, 1.82) is 0 Å². The van der Waals surface area contributed by atoms with Crippen LogP contribution in [0.4, 0.5) is 0 Å². The fourth-order valence-corrected chi connectivity index (χ4v) is 3.71. The number of hydrogen-bond donors (Lipinski definition) is 1. The van der Waals surface area contributed by atoms with Crippen molar-refractivity contribution >= 4 is 10.9 Å². The Bertz CT molecular complexity index is 1110.